The highest BCUT2D eigenvalue weighted by molar-refractivity contribution is 7.90. The van der Waals surface area contributed by atoms with Gasteiger partial charge in [-0.05, 0) is 51.2 Å². The van der Waals surface area contributed by atoms with E-state index in [1.165, 1.54) is 0 Å². The number of nitrogens with one attached hydrogen (secondary N) is 1. The van der Waals surface area contributed by atoms with Crippen molar-refractivity contribution in [3.8, 4) is 0 Å². The predicted octanol–water partition coefficient (Wildman–Crippen LogP) is 2.01. The van der Waals surface area contributed by atoms with Crippen LogP contribution in [0.2, 0.25) is 0 Å². The van der Waals surface area contributed by atoms with E-state index in [2.05, 4.69) is 4.72 Å². The molecule has 0 unspecified atom stereocenters. The molecule has 6 nitrogen and oxygen atoms in total. The van der Waals surface area contributed by atoms with E-state index in [1.54, 1.807) is 28.6 Å². The molecule has 140 valence electrons. The Bertz CT molecular complexity index is 800. The molecule has 8 heteroatoms. The fraction of sp³-hybridized carbons (Fsp3) is 0.647. The highest BCUT2D eigenvalue weighted by atomic mass is 32.2. The smallest absolute Gasteiger partial charge is 0.215 e. The number of aryl methyl sites for hydroxylation is 1. The molecule has 1 aromatic rings. The van der Waals surface area contributed by atoms with Crippen LogP contribution in [0, 0.1) is 6.92 Å². The summed E-state index contributed by atoms with van der Waals surface area (Å²) in [4.78, 5) is 0.309. The van der Waals surface area contributed by atoms with Gasteiger partial charge in [0.05, 0.1) is 10.1 Å². The molecule has 3 rings (SSSR count). The van der Waals surface area contributed by atoms with E-state index < -0.39 is 20.0 Å². The molecule has 1 heterocycles. The van der Waals surface area contributed by atoms with Gasteiger partial charge in [0, 0.05) is 19.1 Å². The third-order valence-corrected chi connectivity index (χ3v) is 8.87. The second-order valence-electron chi connectivity index (χ2n) is 7.01. The lowest BCUT2D eigenvalue weighted by Crippen LogP contribution is -2.45. The Morgan fingerprint density at radius 3 is 2.36 bits per heavy atom. The fourth-order valence-corrected chi connectivity index (χ4v) is 6.41. The second kappa shape index (κ2) is 7.34. The van der Waals surface area contributed by atoms with Crippen molar-refractivity contribution in [2.45, 2.75) is 61.6 Å². The zero-order valence-electron chi connectivity index (χ0n) is 14.5. The van der Waals surface area contributed by atoms with Gasteiger partial charge in [0.15, 0.2) is 0 Å². The van der Waals surface area contributed by atoms with Crippen LogP contribution in [0.3, 0.4) is 0 Å². The molecule has 0 amide bonds. The third kappa shape index (κ3) is 4.42. The van der Waals surface area contributed by atoms with Crippen LogP contribution < -0.4 is 4.72 Å². The van der Waals surface area contributed by atoms with Crippen molar-refractivity contribution in [1.82, 2.24) is 9.03 Å². The van der Waals surface area contributed by atoms with E-state index in [9.17, 15) is 16.8 Å². The summed E-state index contributed by atoms with van der Waals surface area (Å²) in [6, 6.07) is 6.74. The second-order valence-corrected chi connectivity index (χ2v) is 10.9. The van der Waals surface area contributed by atoms with Gasteiger partial charge in [-0.3, -0.25) is 0 Å². The van der Waals surface area contributed by atoms with Crippen LogP contribution in [0.4, 0.5) is 0 Å². The minimum Gasteiger partial charge on any atom is -0.215 e. The largest absolute Gasteiger partial charge is 0.243 e. The summed E-state index contributed by atoms with van der Waals surface area (Å²) >= 11 is 0. The molecule has 1 atom stereocenters. The first-order valence-electron chi connectivity index (χ1n) is 8.88. The SMILES string of the molecule is Cc1ccc(S(=O)(=O)N2CCCC[C@H]2CCNS(=O)(=O)C2CC2)cc1. The Kier molecular flexibility index (Phi) is 5.53. The molecule has 1 N–H and O–H groups in total. The van der Waals surface area contributed by atoms with Crippen LogP contribution in [0.1, 0.15) is 44.1 Å². The van der Waals surface area contributed by atoms with E-state index in [4.69, 9.17) is 0 Å². The van der Waals surface area contributed by atoms with Crippen molar-refractivity contribution in [1.29, 1.82) is 0 Å². The molecular formula is C17H26N2O4S2. The average Bonchev–Trinajstić information content (AvgIpc) is 3.41. The predicted molar refractivity (Wildman–Crippen MR) is 97.3 cm³/mol. The first-order chi connectivity index (χ1) is 11.8. The van der Waals surface area contributed by atoms with Crippen molar-refractivity contribution >= 4 is 20.0 Å². The minimum absolute atomic E-state index is 0.151. The van der Waals surface area contributed by atoms with E-state index in [0.717, 1.165) is 37.7 Å². The van der Waals surface area contributed by atoms with Crippen molar-refractivity contribution in [2.75, 3.05) is 13.1 Å². The molecule has 1 saturated carbocycles. The lowest BCUT2D eigenvalue weighted by Gasteiger charge is -2.34. The molecule has 25 heavy (non-hydrogen) atoms. The van der Waals surface area contributed by atoms with Gasteiger partial charge in [-0.15, -0.1) is 0 Å². The summed E-state index contributed by atoms with van der Waals surface area (Å²) in [5, 5.41) is -0.244. The van der Waals surface area contributed by atoms with Crippen LogP contribution in [-0.2, 0) is 20.0 Å². The summed E-state index contributed by atoms with van der Waals surface area (Å²) in [5.74, 6) is 0. The maximum Gasteiger partial charge on any atom is 0.243 e. The lowest BCUT2D eigenvalue weighted by atomic mass is 10.0. The highest BCUT2D eigenvalue weighted by Crippen LogP contribution is 2.29. The topological polar surface area (TPSA) is 83.6 Å². The number of nitrogens with zero attached hydrogens (tertiary/aromatic N) is 1. The van der Waals surface area contributed by atoms with Gasteiger partial charge in [0.25, 0.3) is 0 Å². The molecular weight excluding hydrogens is 360 g/mol. The Balaban J connectivity index is 1.68. The summed E-state index contributed by atoms with van der Waals surface area (Å²) in [7, 11) is -6.76. The van der Waals surface area contributed by atoms with Crippen LogP contribution in [0.15, 0.2) is 29.2 Å². The van der Waals surface area contributed by atoms with Crippen molar-refractivity contribution < 1.29 is 16.8 Å². The van der Waals surface area contributed by atoms with E-state index in [0.29, 0.717) is 24.4 Å². The Morgan fingerprint density at radius 1 is 1.04 bits per heavy atom. The normalized spacial score (nSPS) is 22.8. The van der Waals surface area contributed by atoms with Crippen LogP contribution in [0.5, 0.6) is 0 Å². The Morgan fingerprint density at radius 2 is 1.72 bits per heavy atom. The maximum absolute atomic E-state index is 13.0. The number of rotatable bonds is 7. The molecule has 0 spiro atoms. The number of benzene rings is 1. The molecule has 1 aliphatic carbocycles. The summed E-state index contributed by atoms with van der Waals surface area (Å²) < 4.78 is 54.0. The molecule has 1 aromatic carbocycles. The third-order valence-electron chi connectivity index (χ3n) is 4.94. The van der Waals surface area contributed by atoms with Gasteiger partial charge >= 0.3 is 0 Å². The number of hydrogen-bond acceptors (Lipinski definition) is 4. The average molecular weight is 387 g/mol. The van der Waals surface area contributed by atoms with E-state index in [-0.39, 0.29) is 11.3 Å². The van der Waals surface area contributed by atoms with Gasteiger partial charge in [-0.2, -0.15) is 4.31 Å². The van der Waals surface area contributed by atoms with Gasteiger partial charge < -0.3 is 0 Å². The quantitative estimate of drug-likeness (QED) is 0.777. The molecule has 2 fully saturated rings. The van der Waals surface area contributed by atoms with Crippen LogP contribution in [0.25, 0.3) is 0 Å². The molecule has 2 aliphatic rings. The van der Waals surface area contributed by atoms with Crippen molar-refractivity contribution in [3.63, 3.8) is 0 Å². The lowest BCUT2D eigenvalue weighted by molar-refractivity contribution is 0.242. The molecule has 1 saturated heterocycles. The van der Waals surface area contributed by atoms with Gasteiger partial charge in [0.2, 0.25) is 20.0 Å². The zero-order chi connectivity index (χ0) is 18.1. The monoisotopic (exact) mass is 386 g/mol. The minimum atomic E-state index is -3.54. The summed E-state index contributed by atoms with van der Waals surface area (Å²) in [5.41, 5.74) is 1.02. The number of hydrogen-bond donors (Lipinski definition) is 1. The van der Waals surface area contributed by atoms with Crippen LogP contribution in [-0.4, -0.2) is 45.5 Å². The standard InChI is InChI=1S/C17H26N2O4S2/c1-14-5-7-17(8-6-14)25(22,23)19-13-3-2-4-15(19)11-12-18-24(20,21)16-9-10-16/h5-8,15-16,18H,2-4,9-13H2,1H3/t15-/m0/s1. The molecule has 0 radical (unpaired) electrons. The first kappa shape index (κ1) is 18.8. The molecule has 0 bridgehead atoms. The van der Waals surface area contributed by atoms with Crippen LogP contribution >= 0.6 is 0 Å². The Hall–Kier alpha value is -0.960. The fourth-order valence-electron chi connectivity index (χ4n) is 3.29. The molecule has 0 aromatic heterocycles. The highest BCUT2D eigenvalue weighted by Gasteiger charge is 2.36. The first-order valence-corrected chi connectivity index (χ1v) is 11.9. The van der Waals surface area contributed by atoms with Gasteiger partial charge in [0.1, 0.15) is 0 Å². The van der Waals surface area contributed by atoms with E-state index in [1.807, 2.05) is 6.92 Å². The van der Waals surface area contributed by atoms with Gasteiger partial charge in [-0.25, -0.2) is 21.6 Å². The van der Waals surface area contributed by atoms with E-state index >= 15 is 0 Å². The summed E-state index contributed by atoms with van der Waals surface area (Å²) in [6.45, 7) is 2.71. The van der Waals surface area contributed by atoms with Gasteiger partial charge in [-0.1, -0.05) is 24.1 Å². The Labute approximate surface area is 150 Å². The van der Waals surface area contributed by atoms with Crippen molar-refractivity contribution in [2.24, 2.45) is 0 Å². The maximum atomic E-state index is 13.0. The number of piperidine rings is 1. The molecule has 1 aliphatic heterocycles. The zero-order valence-corrected chi connectivity index (χ0v) is 16.2. The van der Waals surface area contributed by atoms with Crippen molar-refractivity contribution in [3.05, 3.63) is 29.8 Å². The summed E-state index contributed by atoms with van der Waals surface area (Å²) in [6.07, 6.45) is 4.56. The number of sulfonamides is 2.